The van der Waals surface area contributed by atoms with Crippen molar-refractivity contribution in [2.75, 3.05) is 19.6 Å². The van der Waals surface area contributed by atoms with Gasteiger partial charge in [0.1, 0.15) is 6.54 Å². The van der Waals surface area contributed by atoms with Gasteiger partial charge in [-0.1, -0.05) is 13.8 Å². The number of carboxylic acids is 1. The van der Waals surface area contributed by atoms with Crippen molar-refractivity contribution in [3.8, 4) is 0 Å². The van der Waals surface area contributed by atoms with Gasteiger partial charge in [0.25, 0.3) is 0 Å². The Labute approximate surface area is 103 Å². The molecule has 0 fully saturated rings. The molecule has 0 aromatic carbocycles. The first-order chi connectivity index (χ1) is 7.93. The van der Waals surface area contributed by atoms with Crippen LogP contribution in [-0.4, -0.2) is 52.6 Å². The van der Waals surface area contributed by atoms with Crippen molar-refractivity contribution in [3.63, 3.8) is 0 Å². The fraction of sp³-hybridized carbons (Fsp3) is 0.833. The number of carbonyl (C=O) groups excluding carboxylic acids is 1. The fourth-order valence-electron chi connectivity index (χ4n) is 1.67. The number of aliphatic carboxylic acids is 1. The van der Waals surface area contributed by atoms with Crippen LogP contribution in [0.25, 0.3) is 0 Å². The number of urea groups is 1. The lowest BCUT2D eigenvalue weighted by Gasteiger charge is -2.32. The molecule has 0 rings (SSSR count). The van der Waals surface area contributed by atoms with Gasteiger partial charge in [0, 0.05) is 19.1 Å². The average Bonchev–Trinajstić information content (AvgIpc) is 2.23. The van der Waals surface area contributed by atoms with Crippen molar-refractivity contribution in [2.24, 2.45) is 0 Å². The molecule has 0 aliphatic heterocycles. The minimum Gasteiger partial charge on any atom is -0.480 e. The van der Waals surface area contributed by atoms with Crippen LogP contribution in [0.15, 0.2) is 0 Å². The minimum absolute atomic E-state index is 0.0931. The molecule has 0 atom stereocenters. The average molecular weight is 244 g/mol. The molecule has 0 aromatic heterocycles. The maximum atomic E-state index is 12.2. The summed E-state index contributed by atoms with van der Waals surface area (Å²) in [7, 11) is 0. The van der Waals surface area contributed by atoms with Gasteiger partial charge in [-0.05, 0) is 26.7 Å². The monoisotopic (exact) mass is 244 g/mol. The summed E-state index contributed by atoms with van der Waals surface area (Å²) in [5.41, 5.74) is 0. The van der Waals surface area contributed by atoms with Crippen LogP contribution in [0, 0.1) is 0 Å². The summed E-state index contributed by atoms with van der Waals surface area (Å²) in [5, 5.41) is 8.80. The van der Waals surface area contributed by atoms with E-state index in [1.165, 1.54) is 4.90 Å². The van der Waals surface area contributed by atoms with Crippen molar-refractivity contribution in [1.29, 1.82) is 0 Å². The summed E-state index contributed by atoms with van der Waals surface area (Å²) in [5.74, 6) is -0.966. The molecule has 0 aliphatic rings. The molecule has 2 amide bonds. The standard InChI is InChI=1S/C12H24N2O3/c1-5-7-13(9-11(15)16)12(17)14(8-6-2)10(3)4/h10H,5-9H2,1-4H3,(H,15,16). The SMILES string of the molecule is CCCN(CC(=O)O)C(=O)N(CCC)C(C)C. The van der Waals surface area contributed by atoms with Gasteiger partial charge in [0.2, 0.25) is 0 Å². The van der Waals surface area contributed by atoms with Crippen LogP contribution in [0.5, 0.6) is 0 Å². The Morgan fingerprint density at radius 1 is 1.12 bits per heavy atom. The van der Waals surface area contributed by atoms with Crippen molar-refractivity contribution < 1.29 is 14.7 Å². The Kier molecular flexibility index (Phi) is 7.34. The summed E-state index contributed by atoms with van der Waals surface area (Å²) in [6, 6.07) is -0.0818. The highest BCUT2D eigenvalue weighted by Gasteiger charge is 2.23. The second kappa shape index (κ2) is 7.92. The lowest BCUT2D eigenvalue weighted by atomic mass is 10.3. The molecule has 0 bridgehead atoms. The van der Waals surface area contributed by atoms with Gasteiger partial charge in [-0.15, -0.1) is 0 Å². The smallest absolute Gasteiger partial charge is 0.323 e. The summed E-state index contributed by atoms with van der Waals surface area (Å²) < 4.78 is 0. The number of hydrogen-bond acceptors (Lipinski definition) is 2. The number of carboxylic acid groups (broad SMARTS) is 1. The predicted octanol–water partition coefficient (Wildman–Crippen LogP) is 2.02. The lowest BCUT2D eigenvalue weighted by Crippen LogP contribution is -2.48. The van der Waals surface area contributed by atoms with Gasteiger partial charge in [-0.2, -0.15) is 0 Å². The first kappa shape index (κ1) is 15.7. The molecule has 0 aliphatic carbocycles. The van der Waals surface area contributed by atoms with E-state index in [1.54, 1.807) is 4.90 Å². The molecule has 0 aromatic rings. The summed E-state index contributed by atoms with van der Waals surface area (Å²) in [6.07, 6.45) is 1.63. The zero-order chi connectivity index (χ0) is 13.4. The number of rotatable bonds is 7. The molecule has 0 spiro atoms. The Balaban J connectivity index is 4.70. The number of amides is 2. The Morgan fingerprint density at radius 3 is 2.00 bits per heavy atom. The van der Waals surface area contributed by atoms with Crippen molar-refractivity contribution in [2.45, 2.75) is 46.6 Å². The molecule has 0 saturated carbocycles. The molecule has 17 heavy (non-hydrogen) atoms. The van der Waals surface area contributed by atoms with E-state index in [9.17, 15) is 9.59 Å². The Hall–Kier alpha value is -1.26. The highest BCUT2D eigenvalue weighted by Crippen LogP contribution is 2.06. The lowest BCUT2D eigenvalue weighted by molar-refractivity contribution is -0.137. The summed E-state index contributed by atoms with van der Waals surface area (Å²) >= 11 is 0. The fourth-order valence-corrected chi connectivity index (χ4v) is 1.67. The van der Waals surface area contributed by atoms with Crippen LogP contribution in [0.3, 0.4) is 0 Å². The third kappa shape index (κ3) is 5.56. The first-order valence-corrected chi connectivity index (χ1v) is 6.21. The minimum atomic E-state index is -0.966. The maximum Gasteiger partial charge on any atom is 0.323 e. The van der Waals surface area contributed by atoms with Crippen LogP contribution in [-0.2, 0) is 4.79 Å². The van der Waals surface area contributed by atoms with Crippen molar-refractivity contribution >= 4 is 12.0 Å². The molecular formula is C12H24N2O3. The maximum absolute atomic E-state index is 12.2. The van der Waals surface area contributed by atoms with Gasteiger partial charge in [0.05, 0.1) is 0 Å². The van der Waals surface area contributed by atoms with E-state index in [0.29, 0.717) is 13.1 Å². The zero-order valence-electron chi connectivity index (χ0n) is 11.3. The van der Waals surface area contributed by atoms with Crippen molar-refractivity contribution in [1.82, 2.24) is 9.80 Å². The predicted molar refractivity (Wildman–Crippen MR) is 67.0 cm³/mol. The molecule has 0 heterocycles. The molecule has 1 N–H and O–H groups in total. The van der Waals surface area contributed by atoms with Gasteiger partial charge in [0.15, 0.2) is 0 Å². The number of hydrogen-bond donors (Lipinski definition) is 1. The van der Waals surface area contributed by atoms with Crippen molar-refractivity contribution in [3.05, 3.63) is 0 Å². The van der Waals surface area contributed by atoms with Gasteiger partial charge >= 0.3 is 12.0 Å². The van der Waals surface area contributed by atoms with Gasteiger partial charge in [-0.3, -0.25) is 4.79 Å². The van der Waals surface area contributed by atoms with E-state index in [0.717, 1.165) is 12.8 Å². The number of nitrogens with zero attached hydrogens (tertiary/aromatic N) is 2. The van der Waals surface area contributed by atoms with E-state index < -0.39 is 5.97 Å². The Bertz CT molecular complexity index is 254. The summed E-state index contributed by atoms with van der Waals surface area (Å²) in [6.45, 7) is 8.75. The highest BCUT2D eigenvalue weighted by molar-refractivity contribution is 5.80. The molecule has 0 saturated heterocycles. The Morgan fingerprint density at radius 2 is 1.65 bits per heavy atom. The second-order valence-corrected chi connectivity index (χ2v) is 4.39. The van der Waals surface area contributed by atoms with Gasteiger partial charge < -0.3 is 14.9 Å². The first-order valence-electron chi connectivity index (χ1n) is 6.21. The van der Waals surface area contributed by atoms with Crippen LogP contribution < -0.4 is 0 Å². The molecule has 100 valence electrons. The topological polar surface area (TPSA) is 60.9 Å². The van der Waals surface area contributed by atoms with Crippen LogP contribution in [0.4, 0.5) is 4.79 Å². The largest absolute Gasteiger partial charge is 0.480 e. The van der Waals surface area contributed by atoms with Crippen LogP contribution >= 0.6 is 0 Å². The molecule has 5 nitrogen and oxygen atoms in total. The van der Waals surface area contributed by atoms with Gasteiger partial charge in [-0.25, -0.2) is 4.79 Å². The second-order valence-electron chi connectivity index (χ2n) is 4.39. The summed E-state index contributed by atoms with van der Waals surface area (Å²) in [4.78, 5) is 26.0. The number of carbonyl (C=O) groups is 2. The third-order valence-corrected chi connectivity index (χ3v) is 2.42. The zero-order valence-corrected chi connectivity index (χ0v) is 11.3. The van der Waals surface area contributed by atoms with E-state index in [1.807, 2.05) is 27.7 Å². The van der Waals surface area contributed by atoms with E-state index >= 15 is 0 Å². The van der Waals surface area contributed by atoms with E-state index in [-0.39, 0.29) is 18.6 Å². The quantitative estimate of drug-likeness (QED) is 0.745. The normalized spacial score (nSPS) is 10.4. The molecule has 0 unspecified atom stereocenters. The molecule has 0 radical (unpaired) electrons. The molecule has 5 heteroatoms. The van der Waals surface area contributed by atoms with Crippen LogP contribution in [0.1, 0.15) is 40.5 Å². The highest BCUT2D eigenvalue weighted by atomic mass is 16.4. The third-order valence-electron chi connectivity index (χ3n) is 2.42. The van der Waals surface area contributed by atoms with E-state index in [2.05, 4.69) is 0 Å². The van der Waals surface area contributed by atoms with Crippen LogP contribution in [0.2, 0.25) is 0 Å². The molecular weight excluding hydrogens is 220 g/mol. The van der Waals surface area contributed by atoms with E-state index in [4.69, 9.17) is 5.11 Å².